The van der Waals surface area contributed by atoms with Gasteiger partial charge in [0.25, 0.3) is 0 Å². The van der Waals surface area contributed by atoms with Gasteiger partial charge in [-0.3, -0.25) is 0 Å². The largest absolute Gasteiger partial charge is 0.427 e. The number of fused-ring (bicyclic) bond motifs is 1. The van der Waals surface area contributed by atoms with Gasteiger partial charge in [-0.05, 0) is 32.1 Å². The molecule has 2 aliphatic carbocycles. The third-order valence-corrected chi connectivity index (χ3v) is 9.00. The summed E-state index contributed by atoms with van der Waals surface area (Å²) in [5, 5.41) is 82.1. The summed E-state index contributed by atoms with van der Waals surface area (Å²) in [4.78, 5) is 0. The fraction of sp³-hybridized carbons (Fsp3) is 1.00. The van der Waals surface area contributed by atoms with E-state index in [1.54, 1.807) is 0 Å². The van der Waals surface area contributed by atoms with E-state index in [1.165, 1.54) is 0 Å². The van der Waals surface area contributed by atoms with Crippen LogP contribution in [0.1, 0.15) is 44.9 Å². The molecular weight excluding hydrogens is 508 g/mol. The van der Waals surface area contributed by atoms with Crippen LogP contribution in [-0.4, -0.2) is 145 Å². The molecule has 14 atom stereocenters. The highest BCUT2D eigenvalue weighted by Crippen LogP contribution is 2.42. The topological polar surface area (TPSA) is 212 Å². The average Bonchev–Trinajstić information content (AvgIpc) is 2.89. The van der Waals surface area contributed by atoms with E-state index in [0.29, 0.717) is 25.7 Å². The summed E-state index contributed by atoms with van der Waals surface area (Å²) in [7, 11) is 0. The van der Waals surface area contributed by atoms with E-state index in [0.717, 1.165) is 12.8 Å². The molecule has 9 N–H and O–H groups in total. The lowest BCUT2D eigenvalue weighted by molar-refractivity contribution is -0.357. The Hall–Kier alpha value is -0.520. The van der Waals surface area contributed by atoms with Crippen LogP contribution in [0.15, 0.2) is 0 Å². The van der Waals surface area contributed by atoms with E-state index in [1.807, 2.05) is 0 Å². The van der Waals surface area contributed by atoms with Crippen LogP contribution in [0.2, 0.25) is 0 Å². The van der Waals surface area contributed by atoms with Crippen molar-refractivity contribution in [1.82, 2.24) is 0 Å². The Bertz CT molecular complexity index is 766. The smallest absolute Gasteiger partial charge is 0.186 e. The monoisotopic (exact) mass is 551 g/mol. The molecule has 0 aromatic rings. The third kappa shape index (κ3) is 6.05. The summed E-state index contributed by atoms with van der Waals surface area (Å²) in [6.45, 7) is -0.462. The Kier molecular flexibility index (Phi) is 9.27. The van der Waals surface area contributed by atoms with Gasteiger partial charge in [0.05, 0.1) is 37.4 Å². The molecule has 0 bridgehead atoms. The Morgan fingerprint density at radius 2 is 1.21 bits per heavy atom. The van der Waals surface area contributed by atoms with Gasteiger partial charge in [0, 0.05) is 18.8 Å². The number of aliphatic hydroxyl groups is 10. The van der Waals surface area contributed by atoms with Gasteiger partial charge >= 0.3 is 0 Å². The van der Waals surface area contributed by atoms with Crippen molar-refractivity contribution in [3.05, 3.63) is 0 Å². The molecule has 3 saturated heterocycles. The van der Waals surface area contributed by atoms with Crippen molar-refractivity contribution in [2.75, 3.05) is 13.2 Å². The summed E-state index contributed by atoms with van der Waals surface area (Å²) in [6.07, 6.45) is -9.54. The van der Waals surface area contributed by atoms with E-state index in [4.69, 9.17) is 23.7 Å². The summed E-state index contributed by atoms with van der Waals surface area (Å²) in [5.74, 6) is -0.0729. The van der Waals surface area contributed by atoms with Crippen LogP contribution in [0.4, 0.5) is 0 Å². The highest BCUT2D eigenvalue weighted by molar-refractivity contribution is 4.97. The first kappa shape index (κ1) is 29.0. The van der Waals surface area contributed by atoms with Crippen molar-refractivity contribution in [2.24, 2.45) is 11.8 Å². The molecule has 38 heavy (non-hydrogen) atoms. The van der Waals surface area contributed by atoms with Crippen molar-refractivity contribution in [3.8, 4) is 0 Å². The van der Waals surface area contributed by atoms with Crippen LogP contribution in [0.3, 0.4) is 0 Å². The molecule has 0 aromatic heterocycles. The number of aliphatic hydroxyl groups excluding tert-OH is 8. The second-order valence-corrected chi connectivity index (χ2v) is 11.6. The molecule has 13 nitrogen and oxygen atoms in total. The maximum atomic E-state index is 10.9. The lowest BCUT2D eigenvalue weighted by atomic mass is 9.73. The average molecular weight is 552 g/mol. The first-order valence-corrected chi connectivity index (χ1v) is 13.8. The van der Waals surface area contributed by atoms with Crippen LogP contribution < -0.4 is 0 Å². The Morgan fingerprint density at radius 1 is 0.579 bits per heavy atom. The van der Waals surface area contributed by atoms with Crippen LogP contribution in [0.25, 0.3) is 0 Å². The van der Waals surface area contributed by atoms with Crippen molar-refractivity contribution < 1.29 is 64.5 Å². The highest BCUT2D eigenvalue weighted by Gasteiger charge is 2.54. The standard InChI is InChI=1S/C25H42O13/c26-11-3-1-10(2-4-11)23-17(7-13-14(28)5-12(27)6-16(13)36-23)37-25-22(33)20(31)18(9-35-25)38-24-21(32)19(30)15(29)8-34-24/h10-33H,1-9H2/p+1/t10?,11?,12?,13?,14?,15-,16?,17?,18-,19+,20+,21-,22-,23?,24+,25+/m1/s1. The van der Waals surface area contributed by atoms with E-state index in [-0.39, 0.29) is 49.8 Å². The fourth-order valence-corrected chi connectivity index (χ4v) is 6.73. The van der Waals surface area contributed by atoms with Crippen molar-refractivity contribution in [2.45, 2.75) is 131 Å². The van der Waals surface area contributed by atoms with Crippen LogP contribution >= 0.6 is 0 Å². The van der Waals surface area contributed by atoms with Gasteiger partial charge in [0.2, 0.25) is 0 Å². The number of hydrogen-bond donors (Lipinski definition) is 8. The third-order valence-electron chi connectivity index (χ3n) is 9.00. The second-order valence-electron chi connectivity index (χ2n) is 11.6. The van der Waals surface area contributed by atoms with Crippen molar-refractivity contribution >= 4 is 0 Å². The molecule has 5 aliphatic rings. The van der Waals surface area contributed by atoms with Crippen molar-refractivity contribution in [3.63, 3.8) is 0 Å². The summed E-state index contributed by atoms with van der Waals surface area (Å²) in [5.41, 5.74) is 0. The van der Waals surface area contributed by atoms with E-state index in [2.05, 4.69) is 0 Å². The highest BCUT2D eigenvalue weighted by atomic mass is 16.7. The van der Waals surface area contributed by atoms with Gasteiger partial charge in [0.15, 0.2) is 24.8 Å². The summed E-state index contributed by atoms with van der Waals surface area (Å²) in [6, 6.07) is 0. The first-order valence-electron chi connectivity index (χ1n) is 13.8. The summed E-state index contributed by atoms with van der Waals surface area (Å²) < 4.78 is 27.8. The minimum atomic E-state index is -1.55. The summed E-state index contributed by atoms with van der Waals surface area (Å²) >= 11 is 0. The maximum absolute atomic E-state index is 10.9. The lowest BCUT2D eigenvalue weighted by Crippen LogP contribution is -2.62. The molecule has 0 radical (unpaired) electrons. The van der Waals surface area contributed by atoms with Gasteiger partial charge in [-0.25, -0.2) is 0 Å². The zero-order valence-corrected chi connectivity index (χ0v) is 21.3. The zero-order valence-electron chi connectivity index (χ0n) is 21.3. The SMILES string of the molecule is OC1CCC(C2[OH+]C3CC(O)CC(O)C3CC2O[C@@H]2OC[C@@H](O[C@@H]3OC[C@@H](O)[C@H](O)[C@H]3O)[C@H](O)[C@H]2O)CC1. The molecular formula is C25H43O13+. The van der Waals surface area contributed by atoms with Crippen LogP contribution in [0, 0.1) is 11.8 Å². The van der Waals surface area contributed by atoms with Gasteiger partial charge < -0.3 is 64.5 Å². The van der Waals surface area contributed by atoms with Gasteiger partial charge in [-0.15, -0.1) is 0 Å². The predicted molar refractivity (Wildman–Crippen MR) is 126 cm³/mol. The molecule has 0 spiro atoms. The predicted octanol–water partition coefficient (Wildman–Crippen LogP) is -3.37. The minimum Gasteiger partial charge on any atom is -0.427 e. The molecule has 2 saturated carbocycles. The van der Waals surface area contributed by atoms with E-state index >= 15 is 0 Å². The van der Waals surface area contributed by atoms with Crippen LogP contribution in [0.5, 0.6) is 0 Å². The van der Waals surface area contributed by atoms with E-state index in [9.17, 15) is 40.9 Å². The Morgan fingerprint density at radius 3 is 1.92 bits per heavy atom. The molecule has 13 heteroatoms. The first-order chi connectivity index (χ1) is 18.1. The Balaban J connectivity index is 1.24. The normalized spacial score (nSPS) is 54.3. The molecule has 6 unspecified atom stereocenters. The number of hydrogen-bond acceptors (Lipinski definition) is 12. The molecule has 0 aromatic carbocycles. The fourth-order valence-electron chi connectivity index (χ4n) is 6.73. The lowest BCUT2D eigenvalue weighted by Gasteiger charge is -2.48. The molecule has 3 heterocycles. The minimum absolute atomic E-state index is 0.133. The molecule has 3 aliphatic heterocycles. The zero-order chi connectivity index (χ0) is 27.1. The molecule has 0 amide bonds. The molecule has 5 fully saturated rings. The van der Waals surface area contributed by atoms with Gasteiger partial charge in [0.1, 0.15) is 42.7 Å². The van der Waals surface area contributed by atoms with Gasteiger partial charge in [-0.1, -0.05) is 0 Å². The van der Waals surface area contributed by atoms with Crippen LogP contribution in [-0.2, 0) is 18.9 Å². The molecule has 220 valence electrons. The van der Waals surface area contributed by atoms with Crippen molar-refractivity contribution in [1.29, 1.82) is 0 Å². The van der Waals surface area contributed by atoms with Gasteiger partial charge in [-0.2, -0.15) is 0 Å². The second kappa shape index (κ2) is 12.1. The number of rotatable bonds is 5. The quantitative estimate of drug-likeness (QED) is 0.157. The Labute approximate surface area is 220 Å². The van der Waals surface area contributed by atoms with E-state index < -0.39 is 67.5 Å². The molecule has 5 rings (SSSR count). The maximum Gasteiger partial charge on any atom is 0.186 e. The number of ether oxygens (including phenoxy) is 5.